The molecular formula is C6H12F2O3. The van der Waals surface area contributed by atoms with Crippen LogP contribution in [-0.4, -0.2) is 40.1 Å². The third kappa shape index (κ3) is 9.74. The Morgan fingerprint density at radius 1 is 0.727 bits per heavy atom. The molecule has 0 unspecified atom stereocenters. The maximum absolute atomic E-state index is 11.4. The highest BCUT2D eigenvalue weighted by molar-refractivity contribution is 4.20. The lowest BCUT2D eigenvalue weighted by Gasteiger charge is -2.03. The van der Waals surface area contributed by atoms with Crippen molar-refractivity contribution in [2.24, 2.45) is 0 Å². The van der Waals surface area contributed by atoms with Crippen LogP contribution in [-0.2, 0) is 14.2 Å². The fourth-order valence-corrected chi connectivity index (χ4v) is 0.379. The average molecular weight is 170 g/mol. The number of hydrogen-bond donors (Lipinski definition) is 0. The Labute approximate surface area is 64.2 Å². The highest BCUT2D eigenvalue weighted by Crippen LogP contribution is 1.81. The molecular weight excluding hydrogens is 158 g/mol. The fourth-order valence-electron chi connectivity index (χ4n) is 0.379. The zero-order valence-electron chi connectivity index (χ0n) is 6.22. The average Bonchev–Trinajstić information content (AvgIpc) is 2.03. The van der Waals surface area contributed by atoms with E-state index >= 15 is 0 Å². The summed E-state index contributed by atoms with van der Waals surface area (Å²) in [6, 6.07) is 0. The summed E-state index contributed by atoms with van der Waals surface area (Å²) in [4.78, 5) is 0. The number of ether oxygens (including phenoxy) is 3. The third-order valence-electron chi connectivity index (χ3n) is 0.776. The monoisotopic (exact) mass is 170 g/mol. The molecule has 0 aliphatic rings. The van der Waals surface area contributed by atoms with Crippen LogP contribution in [0.2, 0.25) is 0 Å². The van der Waals surface area contributed by atoms with Crippen molar-refractivity contribution in [2.45, 2.75) is 0 Å². The van der Waals surface area contributed by atoms with Gasteiger partial charge < -0.3 is 14.2 Å². The van der Waals surface area contributed by atoms with Crippen LogP contribution in [0.5, 0.6) is 0 Å². The van der Waals surface area contributed by atoms with Gasteiger partial charge in [-0.2, -0.15) is 0 Å². The quantitative estimate of drug-likeness (QED) is 0.400. The smallest absolute Gasteiger partial charge is 0.149 e. The van der Waals surface area contributed by atoms with E-state index in [0.29, 0.717) is 0 Å². The van der Waals surface area contributed by atoms with E-state index in [1.165, 1.54) is 0 Å². The minimum absolute atomic E-state index is 0.0170. The lowest BCUT2D eigenvalue weighted by atomic mass is 10.8. The van der Waals surface area contributed by atoms with E-state index in [9.17, 15) is 8.78 Å². The van der Waals surface area contributed by atoms with Gasteiger partial charge in [-0.15, -0.1) is 0 Å². The van der Waals surface area contributed by atoms with Gasteiger partial charge in [-0.05, 0) is 0 Å². The molecule has 0 bridgehead atoms. The maximum atomic E-state index is 11.4. The van der Waals surface area contributed by atoms with Crippen molar-refractivity contribution in [3.63, 3.8) is 0 Å². The standard InChI is InChI=1S/C6H12F2O3/c7-1-3-9-5-11-6-10-4-2-8/h1-6H2. The van der Waals surface area contributed by atoms with Crippen LogP contribution < -0.4 is 0 Å². The lowest BCUT2D eigenvalue weighted by molar-refractivity contribution is -0.133. The molecule has 0 amide bonds. The largest absolute Gasteiger partial charge is 0.353 e. The van der Waals surface area contributed by atoms with E-state index in [0.717, 1.165) is 0 Å². The highest BCUT2D eigenvalue weighted by atomic mass is 19.1. The second-order valence-electron chi connectivity index (χ2n) is 1.63. The van der Waals surface area contributed by atoms with Gasteiger partial charge in [0, 0.05) is 0 Å². The molecule has 0 heterocycles. The molecule has 0 aromatic carbocycles. The summed E-state index contributed by atoms with van der Waals surface area (Å²) >= 11 is 0. The Kier molecular flexibility index (Phi) is 9.51. The van der Waals surface area contributed by atoms with Gasteiger partial charge in [0.05, 0.1) is 13.2 Å². The summed E-state index contributed by atoms with van der Waals surface area (Å²) < 4.78 is 36.6. The van der Waals surface area contributed by atoms with Crippen molar-refractivity contribution in [1.82, 2.24) is 0 Å². The summed E-state index contributed by atoms with van der Waals surface area (Å²) in [6.45, 7) is -1.07. The minimum atomic E-state index is -0.533. The molecule has 68 valence electrons. The van der Waals surface area contributed by atoms with Crippen LogP contribution in [0.3, 0.4) is 0 Å². The molecule has 0 saturated heterocycles. The van der Waals surface area contributed by atoms with E-state index in [4.69, 9.17) is 0 Å². The normalized spacial score (nSPS) is 10.4. The predicted octanol–water partition coefficient (Wildman–Crippen LogP) is 0.890. The van der Waals surface area contributed by atoms with Crippen molar-refractivity contribution >= 4 is 0 Å². The molecule has 0 aliphatic carbocycles. The summed E-state index contributed by atoms with van der Waals surface area (Å²) in [7, 11) is 0. The Hall–Kier alpha value is -0.260. The zero-order valence-corrected chi connectivity index (χ0v) is 6.22. The Bertz CT molecular complexity index is 64.8. The van der Waals surface area contributed by atoms with Gasteiger partial charge in [0.25, 0.3) is 0 Å². The third-order valence-corrected chi connectivity index (χ3v) is 0.776. The van der Waals surface area contributed by atoms with Crippen LogP contribution in [0.4, 0.5) is 8.78 Å². The second kappa shape index (κ2) is 9.74. The second-order valence-corrected chi connectivity index (χ2v) is 1.63. The van der Waals surface area contributed by atoms with Gasteiger partial charge in [0.1, 0.15) is 26.9 Å². The van der Waals surface area contributed by atoms with E-state index in [1.54, 1.807) is 0 Å². The highest BCUT2D eigenvalue weighted by Gasteiger charge is 1.88. The van der Waals surface area contributed by atoms with Gasteiger partial charge in [0.2, 0.25) is 0 Å². The lowest BCUT2D eigenvalue weighted by Crippen LogP contribution is -2.07. The molecule has 0 fully saturated rings. The molecule has 0 rings (SSSR count). The SMILES string of the molecule is FCCOCOCOCCF. The van der Waals surface area contributed by atoms with Crippen molar-refractivity contribution < 1.29 is 23.0 Å². The van der Waals surface area contributed by atoms with E-state index in [2.05, 4.69) is 14.2 Å². The van der Waals surface area contributed by atoms with Crippen LogP contribution in [0.15, 0.2) is 0 Å². The fraction of sp³-hybridized carbons (Fsp3) is 1.00. The Morgan fingerprint density at radius 2 is 1.18 bits per heavy atom. The van der Waals surface area contributed by atoms with Crippen molar-refractivity contribution in [3.05, 3.63) is 0 Å². The van der Waals surface area contributed by atoms with Gasteiger partial charge >= 0.3 is 0 Å². The summed E-state index contributed by atoms with van der Waals surface area (Å²) in [5, 5.41) is 0. The molecule has 5 heteroatoms. The number of halogens is 2. The van der Waals surface area contributed by atoms with Crippen LogP contribution in [0.1, 0.15) is 0 Å². The summed E-state index contributed by atoms with van der Waals surface area (Å²) in [5.74, 6) is 0. The molecule has 0 spiro atoms. The van der Waals surface area contributed by atoms with Crippen LogP contribution >= 0.6 is 0 Å². The van der Waals surface area contributed by atoms with Crippen LogP contribution in [0, 0.1) is 0 Å². The first-order valence-corrected chi connectivity index (χ1v) is 3.27. The molecule has 3 nitrogen and oxygen atoms in total. The molecule has 0 atom stereocenters. The van der Waals surface area contributed by atoms with Gasteiger partial charge in [-0.3, -0.25) is 0 Å². The summed E-state index contributed by atoms with van der Waals surface area (Å²) in [5.41, 5.74) is 0. The van der Waals surface area contributed by atoms with Crippen molar-refractivity contribution in [3.8, 4) is 0 Å². The van der Waals surface area contributed by atoms with Crippen molar-refractivity contribution in [2.75, 3.05) is 40.1 Å². The van der Waals surface area contributed by atoms with Gasteiger partial charge in [0.15, 0.2) is 0 Å². The van der Waals surface area contributed by atoms with E-state index in [-0.39, 0.29) is 26.8 Å². The summed E-state index contributed by atoms with van der Waals surface area (Å²) in [6.07, 6.45) is 0. The topological polar surface area (TPSA) is 27.7 Å². The minimum Gasteiger partial charge on any atom is -0.353 e. The molecule has 0 aliphatic heterocycles. The zero-order chi connectivity index (χ0) is 8.36. The van der Waals surface area contributed by atoms with Crippen molar-refractivity contribution in [1.29, 1.82) is 0 Å². The molecule has 0 N–H and O–H groups in total. The van der Waals surface area contributed by atoms with E-state index in [1.807, 2.05) is 0 Å². The Balaban J connectivity index is 2.69. The van der Waals surface area contributed by atoms with Crippen LogP contribution in [0.25, 0.3) is 0 Å². The first-order chi connectivity index (χ1) is 5.41. The molecule has 0 aromatic rings. The molecule has 0 saturated carbocycles. The van der Waals surface area contributed by atoms with Gasteiger partial charge in [-0.25, -0.2) is 8.78 Å². The van der Waals surface area contributed by atoms with Gasteiger partial charge in [-0.1, -0.05) is 0 Å². The first-order valence-electron chi connectivity index (χ1n) is 3.27. The number of hydrogen-bond acceptors (Lipinski definition) is 3. The maximum Gasteiger partial charge on any atom is 0.149 e. The predicted molar refractivity (Wildman–Crippen MR) is 34.7 cm³/mol. The molecule has 11 heavy (non-hydrogen) atoms. The number of alkyl halides is 2. The molecule has 0 aromatic heterocycles. The number of rotatable bonds is 8. The first kappa shape index (κ1) is 10.7. The van der Waals surface area contributed by atoms with E-state index < -0.39 is 13.3 Å². The molecule has 0 radical (unpaired) electrons. The Morgan fingerprint density at radius 3 is 1.55 bits per heavy atom.